The van der Waals surface area contributed by atoms with Crippen LogP contribution in [0, 0.1) is 0 Å². The second-order valence-electron chi connectivity index (χ2n) is 4.16. The van der Waals surface area contributed by atoms with Crippen LogP contribution >= 0.6 is 0 Å². The Morgan fingerprint density at radius 1 is 1.14 bits per heavy atom. The van der Waals surface area contributed by atoms with E-state index in [0.29, 0.717) is 11.7 Å². The van der Waals surface area contributed by atoms with Gasteiger partial charge < -0.3 is 4.74 Å². The van der Waals surface area contributed by atoms with Crippen LogP contribution in [0.15, 0.2) is 18.2 Å². The number of ketones is 1. The molecule has 1 aromatic carbocycles. The largest absolute Gasteiger partial charge is 0.372 e. The number of carbonyl (C=O) groups is 1. The summed E-state index contributed by atoms with van der Waals surface area (Å²) in [5.41, 5.74) is 3.93. The molecule has 3 rings (SSSR count). The molecule has 72 valence electrons. The second-order valence-corrected chi connectivity index (χ2v) is 4.16. The highest BCUT2D eigenvalue weighted by Gasteiger charge is 2.28. The minimum atomic E-state index is 0.395. The van der Waals surface area contributed by atoms with Gasteiger partial charge in [0.15, 0.2) is 0 Å². The van der Waals surface area contributed by atoms with Gasteiger partial charge in [0, 0.05) is 12.8 Å². The van der Waals surface area contributed by atoms with Crippen LogP contribution in [0.3, 0.4) is 0 Å². The number of carbonyl (C=O) groups excluding carboxylic acids is 1. The molecular formula is C12H12O2. The van der Waals surface area contributed by atoms with Crippen molar-refractivity contribution in [3.05, 3.63) is 34.9 Å². The summed E-state index contributed by atoms with van der Waals surface area (Å²) in [5.74, 6) is 0.875. The second kappa shape index (κ2) is 2.92. The molecule has 0 radical (unpaired) electrons. The number of fused-ring (bicyclic) bond motifs is 1. The Bertz CT molecular complexity index is 387. The van der Waals surface area contributed by atoms with Crippen LogP contribution in [0.25, 0.3) is 0 Å². The zero-order valence-corrected chi connectivity index (χ0v) is 7.95. The van der Waals surface area contributed by atoms with Crippen molar-refractivity contribution >= 4 is 5.78 Å². The van der Waals surface area contributed by atoms with E-state index in [9.17, 15) is 4.79 Å². The summed E-state index contributed by atoms with van der Waals surface area (Å²) in [7, 11) is 0. The third kappa shape index (κ3) is 1.18. The molecule has 0 atom stereocenters. The average molecular weight is 188 g/mol. The molecular weight excluding hydrogens is 176 g/mol. The molecule has 0 unspecified atom stereocenters. The van der Waals surface area contributed by atoms with Crippen LogP contribution in [0.1, 0.15) is 35.4 Å². The molecule has 2 aliphatic rings. The number of hydrogen-bond donors (Lipinski definition) is 0. The summed E-state index contributed by atoms with van der Waals surface area (Å²) in [6.45, 7) is 1.49. The molecule has 0 spiro atoms. The fourth-order valence-electron chi connectivity index (χ4n) is 2.17. The zero-order valence-electron chi connectivity index (χ0n) is 7.95. The molecule has 1 aliphatic carbocycles. The quantitative estimate of drug-likeness (QED) is 0.675. The number of rotatable bonds is 1. The smallest absolute Gasteiger partial charge is 0.134 e. The van der Waals surface area contributed by atoms with Crippen molar-refractivity contribution < 1.29 is 9.53 Å². The van der Waals surface area contributed by atoms with Crippen LogP contribution in [0.5, 0.6) is 0 Å². The summed E-state index contributed by atoms with van der Waals surface area (Å²) in [5, 5.41) is 0. The van der Waals surface area contributed by atoms with Gasteiger partial charge in [-0.1, -0.05) is 18.2 Å². The van der Waals surface area contributed by atoms with Crippen LogP contribution < -0.4 is 0 Å². The number of benzene rings is 1. The first-order valence-electron chi connectivity index (χ1n) is 5.04. The van der Waals surface area contributed by atoms with E-state index in [1.807, 2.05) is 0 Å². The van der Waals surface area contributed by atoms with Crippen molar-refractivity contribution in [1.29, 1.82) is 0 Å². The van der Waals surface area contributed by atoms with Crippen molar-refractivity contribution in [1.82, 2.24) is 0 Å². The maximum Gasteiger partial charge on any atom is 0.134 e. The molecule has 0 N–H and O–H groups in total. The molecule has 1 saturated carbocycles. The van der Waals surface area contributed by atoms with Crippen LogP contribution in [-0.4, -0.2) is 5.78 Å². The first-order chi connectivity index (χ1) is 6.83. The molecule has 2 nitrogen and oxygen atoms in total. The Balaban J connectivity index is 1.89. The summed E-state index contributed by atoms with van der Waals surface area (Å²) >= 11 is 0. The van der Waals surface area contributed by atoms with E-state index >= 15 is 0 Å². The maximum absolute atomic E-state index is 10.9. The van der Waals surface area contributed by atoms with Crippen LogP contribution in [0.2, 0.25) is 0 Å². The summed E-state index contributed by atoms with van der Waals surface area (Å²) in [6.07, 6.45) is 1.47. The molecule has 1 aliphatic heterocycles. The summed E-state index contributed by atoms with van der Waals surface area (Å²) in [4.78, 5) is 10.9. The average Bonchev–Trinajstić information content (AvgIpc) is 2.59. The lowest BCUT2D eigenvalue weighted by Gasteiger charge is -2.24. The van der Waals surface area contributed by atoms with Crippen molar-refractivity contribution in [3.8, 4) is 0 Å². The van der Waals surface area contributed by atoms with E-state index in [0.717, 1.165) is 26.1 Å². The minimum absolute atomic E-state index is 0.395. The van der Waals surface area contributed by atoms with E-state index in [-0.39, 0.29) is 0 Å². The Morgan fingerprint density at radius 2 is 1.93 bits per heavy atom. The standard InChI is InChI=1S/C12H12O2/c13-12-4-10(5-12)8-1-2-9-6-14-7-11(9)3-8/h1-3,10H,4-7H2. The van der Waals surface area contributed by atoms with Gasteiger partial charge in [-0.05, 0) is 22.6 Å². The predicted molar refractivity (Wildman–Crippen MR) is 51.9 cm³/mol. The lowest BCUT2D eigenvalue weighted by molar-refractivity contribution is -0.124. The maximum atomic E-state index is 10.9. The first-order valence-corrected chi connectivity index (χ1v) is 5.04. The van der Waals surface area contributed by atoms with Gasteiger partial charge in [0.05, 0.1) is 13.2 Å². The fraction of sp³-hybridized carbons (Fsp3) is 0.417. The summed E-state index contributed by atoms with van der Waals surface area (Å²) in [6, 6.07) is 6.49. The third-order valence-corrected chi connectivity index (χ3v) is 3.16. The molecule has 0 saturated heterocycles. The van der Waals surface area contributed by atoms with Gasteiger partial charge in [-0.3, -0.25) is 4.79 Å². The molecule has 1 heterocycles. The Kier molecular flexibility index (Phi) is 1.71. The van der Waals surface area contributed by atoms with Crippen molar-refractivity contribution in [2.75, 3.05) is 0 Å². The first kappa shape index (κ1) is 8.18. The topological polar surface area (TPSA) is 26.3 Å². The van der Waals surface area contributed by atoms with Gasteiger partial charge >= 0.3 is 0 Å². The zero-order chi connectivity index (χ0) is 9.54. The fourth-order valence-corrected chi connectivity index (χ4v) is 2.17. The van der Waals surface area contributed by atoms with E-state index in [4.69, 9.17) is 4.74 Å². The lowest BCUT2D eigenvalue weighted by Crippen LogP contribution is -2.21. The normalized spacial score (nSPS) is 20.7. The number of hydrogen-bond acceptors (Lipinski definition) is 2. The highest BCUT2D eigenvalue weighted by atomic mass is 16.5. The van der Waals surface area contributed by atoms with Gasteiger partial charge in [-0.15, -0.1) is 0 Å². The van der Waals surface area contributed by atoms with Gasteiger partial charge in [0.25, 0.3) is 0 Å². The number of Topliss-reactive ketones (excluding diaryl/α,β-unsaturated/α-hetero) is 1. The molecule has 2 heteroatoms. The molecule has 0 aromatic heterocycles. The third-order valence-electron chi connectivity index (χ3n) is 3.16. The molecule has 14 heavy (non-hydrogen) atoms. The molecule has 1 aromatic rings. The Morgan fingerprint density at radius 3 is 2.71 bits per heavy atom. The predicted octanol–water partition coefficient (Wildman–Crippen LogP) is 2.16. The highest BCUT2D eigenvalue weighted by molar-refractivity contribution is 5.86. The van der Waals surface area contributed by atoms with Crippen LogP contribution in [-0.2, 0) is 22.7 Å². The van der Waals surface area contributed by atoms with Crippen molar-refractivity contribution in [3.63, 3.8) is 0 Å². The van der Waals surface area contributed by atoms with Crippen molar-refractivity contribution in [2.24, 2.45) is 0 Å². The van der Waals surface area contributed by atoms with Gasteiger partial charge in [-0.25, -0.2) is 0 Å². The van der Waals surface area contributed by atoms with E-state index in [2.05, 4.69) is 18.2 Å². The van der Waals surface area contributed by atoms with Crippen LogP contribution in [0.4, 0.5) is 0 Å². The Labute approximate surface area is 82.9 Å². The molecule has 0 bridgehead atoms. The summed E-state index contributed by atoms with van der Waals surface area (Å²) < 4.78 is 5.36. The SMILES string of the molecule is O=C1CC(c2ccc3c(c2)COC3)C1. The Hall–Kier alpha value is -1.15. The molecule has 1 fully saturated rings. The van der Waals surface area contributed by atoms with E-state index < -0.39 is 0 Å². The van der Waals surface area contributed by atoms with Gasteiger partial charge in [0.2, 0.25) is 0 Å². The minimum Gasteiger partial charge on any atom is -0.372 e. The van der Waals surface area contributed by atoms with Gasteiger partial charge in [0.1, 0.15) is 5.78 Å². The monoisotopic (exact) mass is 188 g/mol. The van der Waals surface area contributed by atoms with E-state index in [1.165, 1.54) is 16.7 Å². The highest BCUT2D eigenvalue weighted by Crippen LogP contribution is 2.35. The van der Waals surface area contributed by atoms with Crippen molar-refractivity contribution in [2.45, 2.75) is 32.0 Å². The molecule has 0 amide bonds. The number of ether oxygens (including phenoxy) is 1. The lowest BCUT2D eigenvalue weighted by atomic mass is 9.78. The van der Waals surface area contributed by atoms with E-state index in [1.54, 1.807) is 0 Å². The van der Waals surface area contributed by atoms with Gasteiger partial charge in [-0.2, -0.15) is 0 Å².